The quantitative estimate of drug-likeness (QED) is 0.437. The second-order valence-electron chi connectivity index (χ2n) is 12.2. The van der Waals surface area contributed by atoms with Gasteiger partial charge in [-0.15, -0.1) is 0 Å². The van der Waals surface area contributed by atoms with Gasteiger partial charge in [0.15, 0.2) is 5.79 Å². The molecule has 9 heteroatoms. The van der Waals surface area contributed by atoms with Crippen LogP contribution >= 0.6 is 15.9 Å². The lowest BCUT2D eigenvalue weighted by molar-refractivity contribution is -0.161. The molecule has 0 bridgehead atoms. The molecule has 0 radical (unpaired) electrons. The van der Waals surface area contributed by atoms with Crippen LogP contribution in [-0.4, -0.2) is 43.2 Å². The Hall–Kier alpha value is -2.49. The number of fused-ring (bicyclic) bond motifs is 5. The number of aryl methyl sites for hydroxylation is 1. The number of aromatic nitrogens is 3. The van der Waals surface area contributed by atoms with Crippen molar-refractivity contribution in [1.29, 1.82) is 0 Å². The van der Waals surface area contributed by atoms with E-state index >= 15 is 0 Å². The first-order valence-electron chi connectivity index (χ1n) is 13.9. The van der Waals surface area contributed by atoms with Crippen molar-refractivity contribution >= 4 is 44.3 Å². The minimum Gasteiger partial charge on any atom is -0.386 e. The third kappa shape index (κ3) is 3.37. The van der Waals surface area contributed by atoms with E-state index in [0.29, 0.717) is 29.4 Å². The number of benzene rings is 1. The van der Waals surface area contributed by atoms with E-state index in [1.165, 1.54) is 28.8 Å². The highest BCUT2D eigenvalue weighted by Crippen LogP contribution is 2.61. The molecule has 4 N–H and O–H groups in total. The van der Waals surface area contributed by atoms with Crippen LogP contribution in [0.4, 0.5) is 11.5 Å². The lowest BCUT2D eigenvalue weighted by Gasteiger charge is -2.26. The lowest BCUT2D eigenvalue weighted by atomic mass is 9.94. The molecular weight excluding hydrogens is 544 g/mol. The highest BCUT2D eigenvalue weighted by molar-refractivity contribution is 9.10. The second kappa shape index (κ2) is 8.02. The third-order valence-corrected chi connectivity index (χ3v) is 10.4. The smallest absolute Gasteiger partial charge is 0.163 e. The molecule has 5 aliphatic rings. The molecule has 1 saturated heterocycles. The van der Waals surface area contributed by atoms with Crippen molar-refractivity contribution in [2.24, 2.45) is 22.6 Å². The number of alkyl halides is 1. The molecule has 38 heavy (non-hydrogen) atoms. The van der Waals surface area contributed by atoms with Gasteiger partial charge in [-0.05, 0) is 92.9 Å². The molecule has 8 rings (SSSR count). The monoisotopic (exact) mass is 576 g/mol. The van der Waals surface area contributed by atoms with Crippen LogP contribution in [0.5, 0.6) is 0 Å². The molecule has 1 aromatic carbocycles. The van der Waals surface area contributed by atoms with Crippen LogP contribution in [0, 0.1) is 11.8 Å². The van der Waals surface area contributed by atoms with Crippen LogP contribution in [0.2, 0.25) is 0 Å². The Morgan fingerprint density at radius 2 is 1.89 bits per heavy atom. The number of hydrogen-bond acceptors (Lipinski definition) is 7. The molecule has 2 saturated carbocycles. The highest BCUT2D eigenvalue weighted by Gasteiger charge is 2.60. The van der Waals surface area contributed by atoms with Gasteiger partial charge >= 0.3 is 0 Å². The van der Waals surface area contributed by atoms with Gasteiger partial charge in [0, 0.05) is 5.69 Å². The minimum absolute atomic E-state index is 0.00321. The number of nitrogens with zero attached hydrogens (tertiary/aromatic N) is 4. The normalized spacial score (nSPS) is 34.7. The van der Waals surface area contributed by atoms with Gasteiger partial charge in [-0.1, -0.05) is 28.1 Å². The first kappa shape index (κ1) is 23.4. The summed E-state index contributed by atoms with van der Waals surface area (Å²) in [7, 11) is 0. The average molecular weight is 578 g/mol. The number of nitrogens with two attached hydrogens (primary N) is 2. The van der Waals surface area contributed by atoms with E-state index < -0.39 is 5.79 Å². The molecule has 3 aromatic rings. The summed E-state index contributed by atoms with van der Waals surface area (Å²) in [6.45, 7) is 4.09. The van der Waals surface area contributed by atoms with Gasteiger partial charge in [0.1, 0.15) is 29.7 Å². The van der Waals surface area contributed by atoms with E-state index in [9.17, 15) is 0 Å². The van der Waals surface area contributed by atoms with E-state index in [1.54, 1.807) is 6.33 Å². The molecule has 2 aliphatic heterocycles. The average Bonchev–Trinajstić information content (AvgIpc) is 3.10. The zero-order chi connectivity index (χ0) is 25.9. The molecule has 0 spiro atoms. The topological polar surface area (TPSA) is 114 Å². The molecule has 2 aromatic heterocycles. The Balaban J connectivity index is 1.14. The molecular formula is C29H33BrN6O2. The number of anilines is 1. The fourth-order valence-corrected chi connectivity index (χ4v) is 8.39. The maximum Gasteiger partial charge on any atom is 0.163 e. The molecule has 4 heterocycles. The van der Waals surface area contributed by atoms with Crippen molar-refractivity contribution < 1.29 is 9.47 Å². The SMILES string of the molecule is CC1(C)O[C@@H]2[C@H](O1)[C@@H](C1CC1c1ccc3c(c1)N=C(N)C(Br)C3)C[C@H]2n1c2c(c3c(N)ncnc31)CCC2. The number of aliphatic imine (C=N–C) groups is 1. The highest BCUT2D eigenvalue weighted by atomic mass is 79.9. The summed E-state index contributed by atoms with van der Waals surface area (Å²) in [4.78, 5) is 13.9. The van der Waals surface area contributed by atoms with Gasteiger partial charge in [-0.3, -0.25) is 0 Å². The van der Waals surface area contributed by atoms with Crippen LogP contribution in [0.1, 0.15) is 67.5 Å². The summed E-state index contributed by atoms with van der Waals surface area (Å²) in [6, 6.07) is 6.97. The van der Waals surface area contributed by atoms with E-state index in [1.807, 2.05) is 13.8 Å². The van der Waals surface area contributed by atoms with Crippen LogP contribution in [-0.2, 0) is 28.7 Å². The fourth-order valence-electron chi connectivity index (χ4n) is 7.94. The fraction of sp³-hybridized carbons (Fsp3) is 0.552. The summed E-state index contributed by atoms with van der Waals surface area (Å²) < 4.78 is 15.7. The van der Waals surface area contributed by atoms with E-state index in [2.05, 4.69) is 48.7 Å². The zero-order valence-corrected chi connectivity index (χ0v) is 23.3. The first-order valence-corrected chi connectivity index (χ1v) is 14.8. The lowest BCUT2D eigenvalue weighted by Crippen LogP contribution is -2.28. The summed E-state index contributed by atoms with van der Waals surface area (Å²) in [5.74, 6) is 2.15. The Kier molecular flexibility index (Phi) is 4.94. The van der Waals surface area contributed by atoms with Crippen molar-refractivity contribution in [3.63, 3.8) is 0 Å². The van der Waals surface area contributed by atoms with Crippen LogP contribution in [0.25, 0.3) is 11.0 Å². The van der Waals surface area contributed by atoms with Crippen molar-refractivity contribution in [1.82, 2.24) is 14.5 Å². The van der Waals surface area contributed by atoms with Crippen molar-refractivity contribution in [3.05, 3.63) is 46.9 Å². The Morgan fingerprint density at radius 1 is 1.05 bits per heavy atom. The van der Waals surface area contributed by atoms with Gasteiger partial charge in [0.05, 0.1) is 28.0 Å². The maximum atomic E-state index is 6.64. The van der Waals surface area contributed by atoms with Crippen LogP contribution in [0.15, 0.2) is 29.5 Å². The van der Waals surface area contributed by atoms with E-state index in [-0.39, 0.29) is 23.1 Å². The third-order valence-electron chi connectivity index (χ3n) is 9.57. The van der Waals surface area contributed by atoms with E-state index in [0.717, 1.165) is 48.8 Å². The Labute approximate surface area is 230 Å². The number of halogens is 1. The van der Waals surface area contributed by atoms with Gasteiger partial charge in [-0.25, -0.2) is 15.0 Å². The molecule has 7 atom stereocenters. The number of nitrogen functional groups attached to an aromatic ring is 1. The first-order chi connectivity index (χ1) is 18.3. The van der Waals surface area contributed by atoms with Crippen LogP contribution < -0.4 is 11.5 Å². The Morgan fingerprint density at radius 3 is 2.76 bits per heavy atom. The van der Waals surface area contributed by atoms with Crippen molar-refractivity contribution in [3.8, 4) is 0 Å². The molecule has 3 aliphatic carbocycles. The van der Waals surface area contributed by atoms with Crippen LogP contribution in [0.3, 0.4) is 0 Å². The van der Waals surface area contributed by atoms with Gasteiger partial charge in [-0.2, -0.15) is 0 Å². The van der Waals surface area contributed by atoms with Crippen molar-refractivity contribution in [2.75, 3.05) is 5.73 Å². The number of ether oxygens (including phenoxy) is 2. The zero-order valence-electron chi connectivity index (χ0n) is 21.7. The summed E-state index contributed by atoms with van der Waals surface area (Å²) >= 11 is 3.63. The molecule has 8 nitrogen and oxygen atoms in total. The van der Waals surface area contributed by atoms with Gasteiger partial charge in [0.25, 0.3) is 0 Å². The molecule has 3 unspecified atom stereocenters. The van der Waals surface area contributed by atoms with Gasteiger partial charge in [0.2, 0.25) is 0 Å². The largest absolute Gasteiger partial charge is 0.386 e. The summed E-state index contributed by atoms with van der Waals surface area (Å²) in [5, 5.41) is 1.04. The minimum atomic E-state index is -0.596. The predicted molar refractivity (Wildman–Crippen MR) is 150 cm³/mol. The predicted octanol–water partition coefficient (Wildman–Crippen LogP) is 4.70. The van der Waals surface area contributed by atoms with E-state index in [4.69, 9.17) is 25.9 Å². The number of rotatable bonds is 3. The molecule has 0 amide bonds. The molecule has 198 valence electrons. The van der Waals surface area contributed by atoms with Crippen molar-refractivity contribution in [2.45, 2.75) is 87.2 Å². The standard InChI is InChI=1S/C29H33BrN6O2/c1-29(2)37-24-18(17-10-16(17)13-6-7-14-8-19(30)26(31)35-20(14)9-13)11-22(25(24)38-29)36-21-5-3-4-15(21)23-27(32)33-12-34-28(23)36/h6-7,9,12,16-19,22,24-25H,3-5,8,10-11H2,1-2H3,(H2,31,35)(H2,32,33,34)/t16?,17?,18-,19?,22-,24-,25+/m1/s1. The Bertz CT molecular complexity index is 1510. The van der Waals surface area contributed by atoms with Gasteiger partial charge < -0.3 is 25.5 Å². The number of hydrogen-bond donors (Lipinski definition) is 2. The summed E-state index contributed by atoms with van der Waals surface area (Å²) in [6.07, 6.45) is 7.98. The number of amidine groups is 1. The molecule has 3 fully saturated rings. The second-order valence-corrected chi connectivity index (χ2v) is 13.3. The maximum absolute atomic E-state index is 6.64. The summed E-state index contributed by atoms with van der Waals surface area (Å²) in [5.41, 5.74) is 19.8.